The van der Waals surface area contributed by atoms with Gasteiger partial charge in [-0.25, -0.2) is 4.39 Å². The molecule has 2 aromatic carbocycles. The van der Waals surface area contributed by atoms with Crippen molar-refractivity contribution in [3.05, 3.63) is 59.4 Å². The Labute approximate surface area is 174 Å². The molecule has 30 heavy (non-hydrogen) atoms. The van der Waals surface area contributed by atoms with E-state index in [9.17, 15) is 19.1 Å². The molecule has 0 spiro atoms. The molecule has 2 aliphatic rings. The maximum atomic E-state index is 13.4. The predicted octanol–water partition coefficient (Wildman–Crippen LogP) is 3.03. The number of amides is 2. The van der Waals surface area contributed by atoms with Crippen molar-refractivity contribution in [2.24, 2.45) is 5.92 Å². The van der Waals surface area contributed by atoms with Crippen molar-refractivity contribution in [2.45, 2.75) is 38.3 Å². The van der Waals surface area contributed by atoms with Crippen LogP contribution in [0.2, 0.25) is 0 Å². The summed E-state index contributed by atoms with van der Waals surface area (Å²) in [6.45, 7) is 3.00. The molecular formula is C23H25FN2O4. The second-order valence-corrected chi connectivity index (χ2v) is 7.92. The van der Waals surface area contributed by atoms with Crippen LogP contribution >= 0.6 is 0 Å². The number of fused-ring (bicyclic) bond motifs is 1. The van der Waals surface area contributed by atoms with Crippen LogP contribution in [0.25, 0.3) is 0 Å². The molecule has 6 nitrogen and oxygen atoms in total. The summed E-state index contributed by atoms with van der Waals surface area (Å²) in [4.78, 5) is 27.9. The monoisotopic (exact) mass is 412 g/mol. The Hall–Kier alpha value is -2.93. The van der Waals surface area contributed by atoms with Gasteiger partial charge < -0.3 is 20.1 Å². The summed E-state index contributed by atoms with van der Waals surface area (Å²) in [7, 11) is 0. The lowest BCUT2D eigenvalue weighted by molar-refractivity contribution is -0.125. The van der Waals surface area contributed by atoms with Gasteiger partial charge in [0.15, 0.2) is 0 Å². The molecule has 2 unspecified atom stereocenters. The molecule has 4 rings (SSSR count). The van der Waals surface area contributed by atoms with Crippen molar-refractivity contribution in [2.75, 3.05) is 18.1 Å². The lowest BCUT2D eigenvalue weighted by Crippen LogP contribution is -2.53. The number of halogens is 1. The number of para-hydroxylation sites is 1. The van der Waals surface area contributed by atoms with Crippen molar-refractivity contribution in [3.8, 4) is 5.75 Å². The summed E-state index contributed by atoms with van der Waals surface area (Å²) in [5.41, 5.74) is 1.94. The first-order valence-electron chi connectivity index (χ1n) is 10.2. The number of hydrogen-bond donors (Lipinski definition) is 2. The Bertz CT molecular complexity index is 958. The maximum absolute atomic E-state index is 13.4. The first kappa shape index (κ1) is 20.3. The number of carbonyl (C=O) groups excluding carboxylic acids is 2. The van der Waals surface area contributed by atoms with Gasteiger partial charge in [0, 0.05) is 36.9 Å². The molecule has 2 atom stereocenters. The van der Waals surface area contributed by atoms with E-state index in [1.807, 2.05) is 36.1 Å². The zero-order chi connectivity index (χ0) is 21.3. The van der Waals surface area contributed by atoms with Crippen LogP contribution in [0.5, 0.6) is 5.75 Å². The second kappa shape index (κ2) is 8.44. The third-order valence-electron chi connectivity index (χ3n) is 5.96. The molecule has 0 aliphatic carbocycles. The van der Waals surface area contributed by atoms with E-state index >= 15 is 0 Å². The highest BCUT2D eigenvalue weighted by Gasteiger charge is 2.40. The average Bonchev–Trinajstić information content (AvgIpc) is 3.13. The number of anilines is 1. The van der Waals surface area contributed by atoms with Crippen molar-refractivity contribution in [3.63, 3.8) is 0 Å². The van der Waals surface area contributed by atoms with Gasteiger partial charge in [0.2, 0.25) is 5.91 Å². The molecule has 0 bridgehead atoms. The number of ether oxygens (including phenoxy) is 1. The molecule has 2 amide bonds. The fraction of sp³-hybridized carbons (Fsp3) is 0.391. The highest BCUT2D eigenvalue weighted by Crippen LogP contribution is 2.36. The predicted molar refractivity (Wildman–Crippen MR) is 110 cm³/mol. The molecule has 0 saturated carbocycles. The second-order valence-electron chi connectivity index (χ2n) is 7.92. The minimum atomic E-state index is -0.614. The molecule has 2 aromatic rings. The van der Waals surface area contributed by atoms with Gasteiger partial charge in [0.05, 0.1) is 11.6 Å². The quantitative estimate of drug-likeness (QED) is 0.809. The van der Waals surface area contributed by atoms with Crippen LogP contribution in [0.4, 0.5) is 10.1 Å². The summed E-state index contributed by atoms with van der Waals surface area (Å²) in [6, 6.07) is 10.5. The maximum Gasteiger partial charge on any atom is 0.255 e. The summed E-state index contributed by atoms with van der Waals surface area (Å²) < 4.78 is 18.6. The SMILES string of the molecule is CC(NC(=O)c1ccc(F)cc1O)C1Cc2ccccc2N1C(=O)C1CCOCC1. The fourth-order valence-corrected chi connectivity index (χ4v) is 4.32. The Kier molecular flexibility index (Phi) is 5.72. The third-order valence-corrected chi connectivity index (χ3v) is 5.96. The summed E-state index contributed by atoms with van der Waals surface area (Å²) in [5, 5.41) is 12.8. The third kappa shape index (κ3) is 3.89. The number of phenolic OH excluding ortho intramolecular Hbond substituents is 1. The Morgan fingerprint density at radius 3 is 2.67 bits per heavy atom. The average molecular weight is 412 g/mol. The molecule has 2 heterocycles. The van der Waals surface area contributed by atoms with Gasteiger partial charge in [0.25, 0.3) is 5.91 Å². The molecular weight excluding hydrogens is 387 g/mol. The highest BCUT2D eigenvalue weighted by atomic mass is 19.1. The molecule has 0 radical (unpaired) electrons. The van der Waals surface area contributed by atoms with Crippen LogP contribution in [0, 0.1) is 11.7 Å². The zero-order valence-corrected chi connectivity index (χ0v) is 16.8. The number of phenols is 1. The Morgan fingerprint density at radius 2 is 1.93 bits per heavy atom. The minimum absolute atomic E-state index is 0.000988. The van der Waals surface area contributed by atoms with E-state index in [0.29, 0.717) is 32.5 Å². The number of rotatable bonds is 4. The van der Waals surface area contributed by atoms with Gasteiger partial charge in [-0.05, 0) is 49.9 Å². The number of benzene rings is 2. The van der Waals surface area contributed by atoms with E-state index in [1.54, 1.807) is 0 Å². The van der Waals surface area contributed by atoms with Crippen molar-refractivity contribution < 1.29 is 23.8 Å². The standard InChI is InChI=1S/C23H25FN2O4/c1-14(25-22(28)18-7-6-17(24)13-21(18)27)20-12-16-4-2-3-5-19(16)26(20)23(29)15-8-10-30-11-9-15/h2-7,13-15,20,27H,8-12H2,1H3,(H,25,28). The molecule has 0 aromatic heterocycles. The number of aromatic hydroxyl groups is 1. The van der Waals surface area contributed by atoms with Crippen LogP contribution < -0.4 is 10.2 Å². The molecule has 2 N–H and O–H groups in total. The number of nitrogens with zero attached hydrogens (tertiary/aromatic N) is 1. The van der Waals surface area contributed by atoms with Crippen molar-refractivity contribution in [1.82, 2.24) is 5.32 Å². The first-order valence-corrected chi connectivity index (χ1v) is 10.2. The molecule has 1 fully saturated rings. The lowest BCUT2D eigenvalue weighted by atomic mass is 9.97. The zero-order valence-electron chi connectivity index (χ0n) is 16.8. The molecule has 1 saturated heterocycles. The largest absolute Gasteiger partial charge is 0.507 e. The Balaban J connectivity index is 1.56. The van der Waals surface area contributed by atoms with Gasteiger partial charge in [-0.3, -0.25) is 9.59 Å². The summed E-state index contributed by atoms with van der Waals surface area (Å²) in [5.74, 6) is -1.58. The van der Waals surface area contributed by atoms with Crippen LogP contribution in [0.15, 0.2) is 42.5 Å². The number of nitrogens with one attached hydrogen (secondary N) is 1. The van der Waals surface area contributed by atoms with Crippen LogP contribution in [0.1, 0.15) is 35.7 Å². The van der Waals surface area contributed by atoms with Gasteiger partial charge >= 0.3 is 0 Å². The molecule has 7 heteroatoms. The van der Waals surface area contributed by atoms with Gasteiger partial charge in [-0.1, -0.05) is 18.2 Å². The fourth-order valence-electron chi connectivity index (χ4n) is 4.32. The van der Waals surface area contributed by atoms with E-state index in [0.717, 1.165) is 23.4 Å². The summed E-state index contributed by atoms with van der Waals surface area (Å²) in [6.07, 6.45) is 2.00. The van der Waals surface area contributed by atoms with E-state index in [2.05, 4.69) is 5.32 Å². The highest BCUT2D eigenvalue weighted by molar-refractivity contribution is 5.99. The normalized spacial score (nSPS) is 19.9. The van der Waals surface area contributed by atoms with E-state index in [1.165, 1.54) is 6.07 Å². The number of hydrogen-bond acceptors (Lipinski definition) is 4. The topological polar surface area (TPSA) is 78.9 Å². The number of carbonyl (C=O) groups is 2. The van der Waals surface area contributed by atoms with Gasteiger partial charge in [-0.15, -0.1) is 0 Å². The van der Waals surface area contributed by atoms with Crippen LogP contribution in [-0.2, 0) is 16.0 Å². The lowest BCUT2D eigenvalue weighted by Gasteiger charge is -2.34. The van der Waals surface area contributed by atoms with E-state index in [-0.39, 0.29) is 29.5 Å². The van der Waals surface area contributed by atoms with E-state index < -0.39 is 17.5 Å². The minimum Gasteiger partial charge on any atom is -0.507 e. The molecule has 2 aliphatic heterocycles. The van der Waals surface area contributed by atoms with Crippen LogP contribution in [0.3, 0.4) is 0 Å². The van der Waals surface area contributed by atoms with Crippen molar-refractivity contribution >= 4 is 17.5 Å². The van der Waals surface area contributed by atoms with Gasteiger partial charge in [0.1, 0.15) is 11.6 Å². The van der Waals surface area contributed by atoms with Crippen LogP contribution in [-0.4, -0.2) is 42.2 Å². The van der Waals surface area contributed by atoms with Crippen molar-refractivity contribution in [1.29, 1.82) is 0 Å². The first-order chi connectivity index (χ1) is 14.5. The smallest absolute Gasteiger partial charge is 0.255 e. The molecule has 158 valence electrons. The Morgan fingerprint density at radius 1 is 1.20 bits per heavy atom. The van der Waals surface area contributed by atoms with Gasteiger partial charge in [-0.2, -0.15) is 0 Å². The van der Waals surface area contributed by atoms with E-state index in [4.69, 9.17) is 4.74 Å². The summed E-state index contributed by atoms with van der Waals surface area (Å²) >= 11 is 0.